The second kappa shape index (κ2) is 5.68. The molecule has 0 aromatic carbocycles. The van der Waals surface area contributed by atoms with Crippen molar-refractivity contribution in [2.75, 3.05) is 5.73 Å². The van der Waals surface area contributed by atoms with Crippen molar-refractivity contribution in [3.05, 3.63) is 17.6 Å². The maximum Gasteiger partial charge on any atom is 0.134 e. The number of nitrogens with two attached hydrogens (primary N) is 1. The van der Waals surface area contributed by atoms with E-state index in [-0.39, 0.29) is 0 Å². The molecule has 1 aliphatic rings. The van der Waals surface area contributed by atoms with Gasteiger partial charge in [0.25, 0.3) is 0 Å². The first-order valence-electron chi connectivity index (χ1n) is 7.18. The maximum atomic E-state index is 5.92. The minimum atomic E-state index is 0.524. The third kappa shape index (κ3) is 3.44. The van der Waals surface area contributed by atoms with E-state index in [1.165, 1.54) is 25.7 Å². The van der Waals surface area contributed by atoms with E-state index >= 15 is 0 Å². The van der Waals surface area contributed by atoms with Crippen molar-refractivity contribution in [2.24, 2.45) is 11.8 Å². The van der Waals surface area contributed by atoms with Gasteiger partial charge in [0, 0.05) is 17.7 Å². The van der Waals surface area contributed by atoms with Crippen molar-refractivity contribution in [1.29, 1.82) is 0 Å². The SMILES string of the molecule is CC(C)Cc1cc(N)nc(C2CCC(C)CC2)n1. The van der Waals surface area contributed by atoms with Crippen LogP contribution in [0.2, 0.25) is 0 Å². The summed E-state index contributed by atoms with van der Waals surface area (Å²) in [4.78, 5) is 9.19. The molecule has 0 spiro atoms. The van der Waals surface area contributed by atoms with Gasteiger partial charge in [-0.3, -0.25) is 0 Å². The molecule has 1 fully saturated rings. The lowest BCUT2D eigenvalue weighted by atomic mass is 9.82. The van der Waals surface area contributed by atoms with Crippen molar-refractivity contribution < 1.29 is 0 Å². The normalized spacial score (nSPS) is 24.4. The van der Waals surface area contributed by atoms with E-state index in [2.05, 4.69) is 25.8 Å². The summed E-state index contributed by atoms with van der Waals surface area (Å²) in [6.07, 6.45) is 6.00. The molecule has 1 aromatic heterocycles. The Kier molecular flexibility index (Phi) is 4.20. The van der Waals surface area contributed by atoms with Crippen LogP contribution in [-0.4, -0.2) is 9.97 Å². The topological polar surface area (TPSA) is 51.8 Å². The third-order valence-corrected chi connectivity index (χ3v) is 3.81. The van der Waals surface area contributed by atoms with E-state index in [9.17, 15) is 0 Å². The molecule has 0 aliphatic heterocycles. The first-order valence-corrected chi connectivity index (χ1v) is 7.18. The second-order valence-electron chi connectivity index (χ2n) is 6.20. The zero-order valence-corrected chi connectivity index (χ0v) is 11.8. The van der Waals surface area contributed by atoms with Gasteiger partial charge >= 0.3 is 0 Å². The van der Waals surface area contributed by atoms with Gasteiger partial charge in [-0.15, -0.1) is 0 Å². The van der Waals surface area contributed by atoms with Crippen LogP contribution in [0.4, 0.5) is 5.82 Å². The lowest BCUT2D eigenvalue weighted by molar-refractivity contribution is 0.339. The van der Waals surface area contributed by atoms with Crippen molar-refractivity contribution in [2.45, 2.75) is 58.8 Å². The van der Waals surface area contributed by atoms with Gasteiger partial charge < -0.3 is 5.73 Å². The molecule has 0 amide bonds. The van der Waals surface area contributed by atoms with Crippen molar-refractivity contribution in [1.82, 2.24) is 9.97 Å². The van der Waals surface area contributed by atoms with Crippen molar-refractivity contribution >= 4 is 5.82 Å². The molecular formula is C15H25N3. The fourth-order valence-corrected chi connectivity index (χ4v) is 2.76. The van der Waals surface area contributed by atoms with E-state index in [0.717, 1.165) is 23.9 Å². The highest BCUT2D eigenvalue weighted by Gasteiger charge is 2.22. The van der Waals surface area contributed by atoms with Gasteiger partial charge in [0.05, 0.1) is 0 Å². The molecule has 1 aliphatic carbocycles. The Hall–Kier alpha value is -1.12. The molecule has 0 bridgehead atoms. The van der Waals surface area contributed by atoms with Crippen LogP contribution < -0.4 is 5.73 Å². The van der Waals surface area contributed by atoms with Crippen LogP contribution in [0.15, 0.2) is 6.07 Å². The van der Waals surface area contributed by atoms with E-state index in [0.29, 0.717) is 17.7 Å². The quantitative estimate of drug-likeness (QED) is 0.888. The Labute approximate surface area is 110 Å². The average Bonchev–Trinajstić information content (AvgIpc) is 2.28. The summed E-state index contributed by atoms with van der Waals surface area (Å²) >= 11 is 0. The van der Waals surface area contributed by atoms with E-state index in [4.69, 9.17) is 10.7 Å². The van der Waals surface area contributed by atoms with Crippen LogP contribution in [0.25, 0.3) is 0 Å². The molecule has 3 nitrogen and oxygen atoms in total. The van der Waals surface area contributed by atoms with Crippen LogP contribution in [0.3, 0.4) is 0 Å². The molecule has 3 heteroatoms. The fourth-order valence-electron chi connectivity index (χ4n) is 2.76. The zero-order chi connectivity index (χ0) is 13.1. The summed E-state index contributed by atoms with van der Waals surface area (Å²) in [5, 5.41) is 0. The molecule has 2 N–H and O–H groups in total. The number of rotatable bonds is 3. The Morgan fingerprint density at radius 1 is 1.22 bits per heavy atom. The number of aromatic nitrogens is 2. The summed E-state index contributed by atoms with van der Waals surface area (Å²) in [5.74, 6) is 3.61. The Balaban J connectivity index is 2.14. The Morgan fingerprint density at radius 2 is 1.89 bits per heavy atom. The molecule has 0 atom stereocenters. The second-order valence-corrected chi connectivity index (χ2v) is 6.20. The van der Waals surface area contributed by atoms with Gasteiger partial charge in [-0.1, -0.05) is 33.6 Å². The first-order chi connectivity index (χ1) is 8.54. The minimum Gasteiger partial charge on any atom is -0.384 e. The number of nitrogens with zero attached hydrogens (tertiary/aromatic N) is 2. The predicted molar refractivity (Wildman–Crippen MR) is 75.4 cm³/mol. The summed E-state index contributed by atoms with van der Waals surface area (Å²) in [6, 6.07) is 1.93. The molecule has 2 rings (SSSR count). The Bertz CT molecular complexity index is 393. The summed E-state index contributed by atoms with van der Waals surface area (Å²) in [6.45, 7) is 6.75. The molecular weight excluding hydrogens is 222 g/mol. The van der Waals surface area contributed by atoms with Crippen LogP contribution >= 0.6 is 0 Å². The maximum absolute atomic E-state index is 5.92. The smallest absolute Gasteiger partial charge is 0.134 e. The standard InChI is InChI=1S/C15H25N3/c1-10(2)8-13-9-14(16)18-15(17-13)12-6-4-11(3)5-7-12/h9-12H,4-8H2,1-3H3,(H2,16,17,18). The van der Waals surface area contributed by atoms with E-state index < -0.39 is 0 Å². The molecule has 0 unspecified atom stereocenters. The van der Waals surface area contributed by atoms with Crippen LogP contribution in [0, 0.1) is 11.8 Å². The largest absolute Gasteiger partial charge is 0.384 e. The van der Waals surface area contributed by atoms with E-state index in [1.54, 1.807) is 0 Å². The third-order valence-electron chi connectivity index (χ3n) is 3.81. The fraction of sp³-hybridized carbons (Fsp3) is 0.733. The van der Waals surface area contributed by atoms with Gasteiger partial charge in [0.2, 0.25) is 0 Å². The Morgan fingerprint density at radius 3 is 2.50 bits per heavy atom. The van der Waals surface area contributed by atoms with Crippen molar-refractivity contribution in [3.63, 3.8) is 0 Å². The molecule has 18 heavy (non-hydrogen) atoms. The van der Waals surface area contributed by atoms with Gasteiger partial charge in [-0.25, -0.2) is 9.97 Å². The van der Waals surface area contributed by atoms with Gasteiger partial charge in [-0.05, 0) is 31.1 Å². The molecule has 1 saturated carbocycles. The summed E-state index contributed by atoms with van der Waals surface area (Å²) in [5.41, 5.74) is 7.02. The number of hydrogen-bond donors (Lipinski definition) is 1. The highest BCUT2D eigenvalue weighted by atomic mass is 15.0. The number of nitrogen functional groups attached to an aromatic ring is 1. The highest BCUT2D eigenvalue weighted by molar-refractivity contribution is 5.30. The molecule has 100 valence electrons. The van der Waals surface area contributed by atoms with Gasteiger partial charge in [-0.2, -0.15) is 0 Å². The van der Waals surface area contributed by atoms with E-state index in [1.807, 2.05) is 6.07 Å². The summed E-state index contributed by atoms with van der Waals surface area (Å²) < 4.78 is 0. The molecule has 1 aromatic rings. The number of anilines is 1. The minimum absolute atomic E-state index is 0.524. The first kappa shape index (κ1) is 13.3. The number of hydrogen-bond acceptors (Lipinski definition) is 3. The van der Waals surface area contributed by atoms with Crippen molar-refractivity contribution in [3.8, 4) is 0 Å². The molecule has 1 heterocycles. The summed E-state index contributed by atoms with van der Waals surface area (Å²) in [7, 11) is 0. The molecule has 0 radical (unpaired) electrons. The lowest BCUT2D eigenvalue weighted by Gasteiger charge is -2.25. The zero-order valence-electron chi connectivity index (χ0n) is 11.8. The van der Waals surface area contributed by atoms with Crippen LogP contribution in [0.5, 0.6) is 0 Å². The lowest BCUT2D eigenvalue weighted by Crippen LogP contribution is -2.15. The van der Waals surface area contributed by atoms with Crippen LogP contribution in [0.1, 0.15) is 63.9 Å². The monoisotopic (exact) mass is 247 g/mol. The predicted octanol–water partition coefficient (Wildman–Crippen LogP) is 3.55. The highest BCUT2D eigenvalue weighted by Crippen LogP contribution is 2.34. The van der Waals surface area contributed by atoms with Gasteiger partial charge in [0.15, 0.2) is 0 Å². The van der Waals surface area contributed by atoms with Gasteiger partial charge in [0.1, 0.15) is 11.6 Å². The van der Waals surface area contributed by atoms with Crippen LogP contribution in [-0.2, 0) is 6.42 Å². The molecule has 0 saturated heterocycles. The average molecular weight is 247 g/mol.